The summed E-state index contributed by atoms with van der Waals surface area (Å²) < 4.78 is 11.4. The van der Waals surface area contributed by atoms with E-state index in [0.717, 1.165) is 39.6 Å². The molecule has 5 heteroatoms. The third-order valence-electron chi connectivity index (χ3n) is 10.9. The van der Waals surface area contributed by atoms with Gasteiger partial charge in [-0.05, 0) is 59.7 Å². The molecule has 3 aromatic heterocycles. The molecular weight excluding hydrogens is 683 g/mol. The van der Waals surface area contributed by atoms with Crippen molar-refractivity contribution in [1.82, 2.24) is 9.13 Å². The molecule has 0 saturated carbocycles. The summed E-state index contributed by atoms with van der Waals surface area (Å²) in [5.74, 6) is 0. The summed E-state index contributed by atoms with van der Waals surface area (Å²) in [6.07, 6.45) is 6.39. The number of hydrogen-bond acceptors (Lipinski definition) is 0. The molecule has 0 radical (unpaired) electrons. The molecule has 0 amide bonds. The molecule has 0 fully saturated rings. The summed E-state index contributed by atoms with van der Waals surface area (Å²) in [6.45, 7) is 0. The van der Waals surface area contributed by atoms with Gasteiger partial charge in [0.1, 0.15) is 0 Å². The Labute approximate surface area is 324 Å². The highest BCUT2D eigenvalue weighted by atomic mass is 15.2. The number of hydrogen-bond donors (Lipinski definition) is 0. The van der Waals surface area contributed by atoms with E-state index in [1.807, 2.05) is 12.1 Å². The van der Waals surface area contributed by atoms with Crippen molar-refractivity contribution in [3.63, 3.8) is 0 Å². The van der Waals surface area contributed by atoms with Gasteiger partial charge in [0.15, 0.2) is 0 Å². The van der Waals surface area contributed by atoms with Crippen LogP contribution in [0.3, 0.4) is 0 Å². The average Bonchev–Trinajstić information content (AvgIpc) is 3.78. The summed E-state index contributed by atoms with van der Waals surface area (Å²) in [5.41, 5.74) is 12.6. The first kappa shape index (κ1) is 31.9. The quantitative estimate of drug-likeness (QED) is 0.153. The maximum Gasteiger partial charge on any atom is 0.428 e. The van der Waals surface area contributed by atoms with Gasteiger partial charge in [0.2, 0.25) is 17.1 Å². The molecular formula is C51H36N5+3. The lowest BCUT2D eigenvalue weighted by Gasteiger charge is -2.11. The predicted molar refractivity (Wildman–Crippen MR) is 225 cm³/mol. The van der Waals surface area contributed by atoms with E-state index in [1.54, 1.807) is 0 Å². The van der Waals surface area contributed by atoms with Crippen LogP contribution in [-0.2, 0) is 0 Å². The van der Waals surface area contributed by atoms with Crippen LogP contribution < -0.4 is 13.7 Å². The predicted octanol–water partition coefficient (Wildman–Crippen LogP) is 10.4. The molecule has 3 heterocycles. The van der Waals surface area contributed by atoms with E-state index in [2.05, 4.69) is 230 Å². The summed E-state index contributed by atoms with van der Waals surface area (Å²) in [4.78, 5) is 0. The maximum absolute atomic E-state index is 2.43. The van der Waals surface area contributed by atoms with Gasteiger partial charge >= 0.3 is 19.0 Å². The van der Waals surface area contributed by atoms with E-state index in [9.17, 15) is 0 Å². The van der Waals surface area contributed by atoms with Crippen LogP contribution in [0.1, 0.15) is 0 Å². The Bertz CT molecular complexity index is 3180. The second-order valence-electron chi connectivity index (χ2n) is 14.3. The van der Waals surface area contributed by atoms with Crippen LogP contribution in [0.4, 0.5) is 0 Å². The zero-order valence-corrected chi connectivity index (χ0v) is 30.5. The zero-order valence-electron chi connectivity index (χ0n) is 30.5. The van der Waals surface area contributed by atoms with Crippen LogP contribution in [0.5, 0.6) is 0 Å². The second-order valence-corrected chi connectivity index (χ2v) is 14.3. The van der Waals surface area contributed by atoms with Gasteiger partial charge in [0.25, 0.3) is 0 Å². The Morgan fingerprint density at radius 1 is 0.268 bits per heavy atom. The minimum Gasteiger partial charge on any atom is -0.309 e. The molecule has 0 aliphatic carbocycles. The number of para-hydroxylation sites is 5. The summed E-state index contributed by atoms with van der Waals surface area (Å²) in [5, 5.41) is 5.00. The van der Waals surface area contributed by atoms with Crippen molar-refractivity contribution in [1.29, 1.82) is 0 Å². The molecule has 0 aliphatic heterocycles. The fourth-order valence-electron chi connectivity index (χ4n) is 8.33. The van der Waals surface area contributed by atoms with Crippen molar-refractivity contribution in [3.8, 4) is 39.6 Å². The number of nitrogens with zero attached hydrogens (tertiary/aromatic N) is 5. The molecule has 56 heavy (non-hydrogen) atoms. The summed E-state index contributed by atoms with van der Waals surface area (Å²) >= 11 is 0. The van der Waals surface area contributed by atoms with Gasteiger partial charge in [-0.1, -0.05) is 129 Å². The van der Waals surface area contributed by atoms with Crippen LogP contribution >= 0.6 is 0 Å². The van der Waals surface area contributed by atoms with Crippen molar-refractivity contribution < 1.29 is 13.7 Å². The standard InChI is InChI=1S/C51H36N5/c1-4-18-39(19-5-1)52-34-53(40-20-6-2-7-21-40)36-54(35-52)42-24-14-16-37(30-42)38-17-15-25-43(31-38)56-49-29-13-11-27-45(49)47-32-46-44-26-10-12-28-48(44)55(50(46)33-51(47)56)41-22-8-3-9-23-41/h1-36H/q+3. The van der Waals surface area contributed by atoms with E-state index in [1.165, 1.54) is 43.6 Å². The molecule has 11 aromatic rings. The number of aromatic nitrogens is 5. The first-order valence-corrected chi connectivity index (χ1v) is 19.0. The fourth-order valence-corrected chi connectivity index (χ4v) is 8.33. The van der Waals surface area contributed by atoms with Crippen molar-refractivity contribution in [3.05, 3.63) is 219 Å². The Morgan fingerprint density at radius 3 is 1.29 bits per heavy atom. The highest BCUT2D eigenvalue weighted by Gasteiger charge is 2.25. The smallest absolute Gasteiger partial charge is 0.309 e. The number of rotatable bonds is 6. The Balaban J connectivity index is 1.08. The lowest BCUT2D eigenvalue weighted by atomic mass is 10.0. The van der Waals surface area contributed by atoms with E-state index in [0.29, 0.717) is 0 Å². The lowest BCUT2D eigenvalue weighted by molar-refractivity contribution is -0.858. The summed E-state index contributed by atoms with van der Waals surface area (Å²) in [6, 6.07) is 71.7. The molecule has 5 nitrogen and oxygen atoms in total. The molecule has 0 spiro atoms. The van der Waals surface area contributed by atoms with Crippen molar-refractivity contribution in [2.75, 3.05) is 0 Å². The molecule has 11 rings (SSSR count). The average molecular weight is 719 g/mol. The molecule has 0 N–H and O–H groups in total. The largest absolute Gasteiger partial charge is 0.428 e. The summed E-state index contributed by atoms with van der Waals surface area (Å²) in [7, 11) is 0. The van der Waals surface area contributed by atoms with E-state index >= 15 is 0 Å². The molecule has 262 valence electrons. The lowest BCUT2D eigenvalue weighted by Crippen LogP contribution is -2.55. The third kappa shape index (κ3) is 5.29. The van der Waals surface area contributed by atoms with Gasteiger partial charge in [-0.15, -0.1) is 0 Å². The SMILES string of the molecule is c1ccc(-n2c3ccccc3c3cc4c5ccccc5n(-c5cccc(-c6cccc(-[n+]7c[n+](-c8ccccc8)c[n+](-c8ccccc8)c7)c6)c5)c4cc32)cc1. The van der Waals surface area contributed by atoms with Gasteiger partial charge < -0.3 is 9.13 Å². The highest BCUT2D eigenvalue weighted by molar-refractivity contribution is 6.19. The van der Waals surface area contributed by atoms with Gasteiger partial charge in [0, 0.05) is 69.3 Å². The second kappa shape index (κ2) is 13.0. The highest BCUT2D eigenvalue weighted by Crippen LogP contribution is 2.40. The van der Waals surface area contributed by atoms with Crippen LogP contribution in [-0.4, -0.2) is 9.13 Å². The Morgan fingerprint density at radius 2 is 0.696 bits per heavy atom. The maximum atomic E-state index is 2.43. The first-order chi connectivity index (χ1) is 27.8. The third-order valence-corrected chi connectivity index (χ3v) is 10.9. The van der Waals surface area contributed by atoms with Crippen molar-refractivity contribution in [2.24, 2.45) is 0 Å². The zero-order chi connectivity index (χ0) is 37.0. The molecule has 0 saturated heterocycles. The van der Waals surface area contributed by atoms with Crippen LogP contribution in [0.2, 0.25) is 0 Å². The van der Waals surface area contributed by atoms with Gasteiger partial charge in [-0.25, -0.2) is 0 Å². The van der Waals surface area contributed by atoms with Crippen LogP contribution in [0.25, 0.3) is 83.2 Å². The first-order valence-electron chi connectivity index (χ1n) is 19.0. The van der Waals surface area contributed by atoms with Crippen LogP contribution in [0.15, 0.2) is 219 Å². The molecule has 0 aliphatic rings. The molecule has 0 bridgehead atoms. The van der Waals surface area contributed by atoms with E-state index in [-0.39, 0.29) is 0 Å². The topological polar surface area (TPSA) is 21.5 Å². The van der Waals surface area contributed by atoms with Gasteiger partial charge in [0.05, 0.1) is 22.1 Å². The van der Waals surface area contributed by atoms with Crippen molar-refractivity contribution in [2.45, 2.75) is 0 Å². The molecule has 0 atom stereocenters. The van der Waals surface area contributed by atoms with E-state index in [4.69, 9.17) is 0 Å². The van der Waals surface area contributed by atoms with Gasteiger partial charge in [-0.2, -0.15) is 0 Å². The van der Waals surface area contributed by atoms with Crippen molar-refractivity contribution >= 4 is 43.6 Å². The van der Waals surface area contributed by atoms with Gasteiger partial charge in [-0.3, -0.25) is 0 Å². The minimum absolute atomic E-state index is 1.07. The monoisotopic (exact) mass is 718 g/mol. The Kier molecular flexibility index (Phi) is 7.42. The van der Waals surface area contributed by atoms with E-state index < -0.39 is 0 Å². The molecule has 8 aromatic carbocycles. The normalized spacial score (nSPS) is 11.6. The minimum atomic E-state index is 1.07. The number of fused-ring (bicyclic) bond motifs is 6. The molecule has 0 unspecified atom stereocenters. The van der Waals surface area contributed by atoms with Crippen LogP contribution in [0, 0.1) is 0 Å². The fraction of sp³-hybridized carbons (Fsp3) is 0. The number of benzene rings is 8. The Hall–Kier alpha value is -7.63.